The van der Waals surface area contributed by atoms with Crippen molar-refractivity contribution in [1.82, 2.24) is 5.32 Å². The number of aliphatic hydroxyl groups is 1. The molecule has 6 aliphatic rings. The minimum absolute atomic E-state index is 0.0166. The molecule has 51 heavy (non-hydrogen) atoms. The molecule has 3 heterocycles. The van der Waals surface area contributed by atoms with Crippen LogP contribution in [-0.2, 0) is 42.7 Å². The summed E-state index contributed by atoms with van der Waals surface area (Å²) >= 11 is 0. The normalized spacial score (nSPS) is 46.5. The molecule has 0 unspecified atom stereocenters. The van der Waals surface area contributed by atoms with E-state index in [-0.39, 0.29) is 96.5 Å². The molecule has 0 amide bonds. The maximum Gasteiger partial charge on any atom is 0.306 e. The summed E-state index contributed by atoms with van der Waals surface area (Å²) in [6, 6.07) is 0.281. The summed E-state index contributed by atoms with van der Waals surface area (Å²) < 4.78 is 43.0. The van der Waals surface area contributed by atoms with Gasteiger partial charge in [-0.1, -0.05) is 31.6 Å². The fourth-order valence-electron chi connectivity index (χ4n) is 10.2. The van der Waals surface area contributed by atoms with E-state index in [1.54, 1.807) is 14.2 Å². The topological polar surface area (TPSA) is 131 Å². The molecule has 0 spiro atoms. The van der Waals surface area contributed by atoms with Gasteiger partial charge in [-0.2, -0.15) is 0 Å². The molecule has 3 aliphatic heterocycles. The van der Waals surface area contributed by atoms with Crippen LogP contribution in [0.3, 0.4) is 0 Å². The van der Waals surface area contributed by atoms with E-state index >= 15 is 0 Å². The van der Waals surface area contributed by atoms with Crippen molar-refractivity contribution >= 4 is 11.8 Å². The number of nitrogens with one attached hydrogen (secondary N) is 1. The van der Waals surface area contributed by atoms with Crippen molar-refractivity contribution in [2.45, 2.75) is 160 Å². The second kappa shape index (κ2) is 16.8. The SMILES string of the molecule is CC[C@H]1CCC[C@H](O[C@H]2CC[C@H](NC)[C@@H](C)O2)[C@@H](C)C(=O)C2=C[C@@H]3[C@@H](C=C(C)[C@@H]4C[C@@H](O[C@@H]5O[C@@H](C)[C@H](OC)[C@@H](O)[C@H]5OC)C[C@@H]34)[C@@H]2CC(=O)O1. The summed E-state index contributed by atoms with van der Waals surface area (Å²) in [6.07, 6.45) is 6.95. The lowest BCUT2D eigenvalue weighted by atomic mass is 9.67. The van der Waals surface area contributed by atoms with Gasteiger partial charge in [0.2, 0.25) is 0 Å². The van der Waals surface area contributed by atoms with Crippen LogP contribution in [0, 0.1) is 35.5 Å². The first kappa shape index (κ1) is 39.0. The van der Waals surface area contributed by atoms with Gasteiger partial charge < -0.3 is 43.6 Å². The zero-order chi connectivity index (χ0) is 36.6. The van der Waals surface area contributed by atoms with E-state index in [0.717, 1.165) is 50.5 Å². The number of fused-ring (bicyclic) bond motifs is 5. The van der Waals surface area contributed by atoms with Crippen molar-refractivity contribution in [2.24, 2.45) is 35.5 Å². The molecule has 0 radical (unpaired) electrons. The molecule has 4 fully saturated rings. The van der Waals surface area contributed by atoms with Crippen LogP contribution in [0.25, 0.3) is 0 Å². The van der Waals surface area contributed by atoms with Gasteiger partial charge in [0, 0.05) is 32.1 Å². The van der Waals surface area contributed by atoms with Gasteiger partial charge in [-0.15, -0.1) is 0 Å². The number of rotatable bonds is 8. The standard InChI is InChI=1S/C40H63NO10/c1-9-24-11-10-12-33(51-35-14-13-32(41-6)22(4)47-35)21(3)36(43)31-18-29-27(30(31)19-34(42)49-24)15-20(2)26-16-25(17-28(26)29)50-40-39(46-8)37(44)38(45-7)23(5)48-40/h15,18,21-30,32-33,35,37-41,44H,9-14,16-17,19H2,1-8H3/t21-,22-,23+,24+,25-,26+,27-,28-,29-,30+,32+,33+,35+,37-,38+,39-,40+/m1/s1. The number of likely N-dealkylation sites (N-methyl/N-ethyl adjacent to an activating group) is 1. The first-order chi connectivity index (χ1) is 24.5. The summed E-state index contributed by atoms with van der Waals surface area (Å²) in [5.74, 6) is -0.153. The average Bonchev–Trinajstić information content (AvgIpc) is 3.68. The molecule has 0 bridgehead atoms. The number of esters is 1. The number of hydrogen-bond donors (Lipinski definition) is 2. The van der Waals surface area contributed by atoms with Crippen molar-refractivity contribution in [2.75, 3.05) is 21.3 Å². The Labute approximate surface area is 304 Å². The number of cyclic esters (lactones) is 1. The minimum Gasteiger partial charge on any atom is -0.462 e. The third kappa shape index (κ3) is 8.07. The first-order valence-electron chi connectivity index (χ1n) is 19.6. The van der Waals surface area contributed by atoms with Crippen molar-refractivity contribution in [3.8, 4) is 0 Å². The van der Waals surface area contributed by atoms with E-state index in [9.17, 15) is 14.7 Å². The van der Waals surface area contributed by atoms with E-state index in [2.05, 4.69) is 38.2 Å². The molecule has 1 saturated carbocycles. The van der Waals surface area contributed by atoms with E-state index in [1.165, 1.54) is 5.57 Å². The lowest BCUT2D eigenvalue weighted by Gasteiger charge is -2.42. The highest BCUT2D eigenvalue weighted by Gasteiger charge is 2.53. The van der Waals surface area contributed by atoms with Crippen LogP contribution in [-0.4, -0.2) is 106 Å². The molecule has 2 N–H and O–H groups in total. The van der Waals surface area contributed by atoms with Gasteiger partial charge in [0.25, 0.3) is 0 Å². The second-order valence-corrected chi connectivity index (χ2v) is 16.1. The van der Waals surface area contributed by atoms with Crippen LogP contribution < -0.4 is 5.32 Å². The van der Waals surface area contributed by atoms with Crippen LogP contribution in [0.2, 0.25) is 0 Å². The van der Waals surface area contributed by atoms with Gasteiger partial charge >= 0.3 is 5.97 Å². The van der Waals surface area contributed by atoms with Crippen molar-refractivity contribution in [1.29, 1.82) is 0 Å². The molecule has 11 heteroatoms. The molecule has 17 atom stereocenters. The van der Waals surface area contributed by atoms with E-state index in [1.807, 2.05) is 20.9 Å². The van der Waals surface area contributed by atoms with Gasteiger partial charge in [0.05, 0.1) is 30.8 Å². The fraction of sp³-hybridized carbons (Fsp3) is 0.850. The highest BCUT2D eigenvalue weighted by Crippen LogP contribution is 2.56. The van der Waals surface area contributed by atoms with Gasteiger partial charge in [-0.05, 0) is 108 Å². The zero-order valence-corrected chi connectivity index (χ0v) is 32.0. The number of hydrogen-bond acceptors (Lipinski definition) is 11. The van der Waals surface area contributed by atoms with E-state index < -0.39 is 24.6 Å². The number of aliphatic hydroxyl groups excluding tert-OH is 1. The molecule has 11 nitrogen and oxygen atoms in total. The van der Waals surface area contributed by atoms with E-state index in [0.29, 0.717) is 6.42 Å². The highest BCUT2D eigenvalue weighted by atomic mass is 16.7. The smallest absolute Gasteiger partial charge is 0.306 e. The fourth-order valence-corrected chi connectivity index (χ4v) is 10.2. The lowest BCUT2D eigenvalue weighted by Crippen LogP contribution is -2.59. The molecule has 0 aromatic carbocycles. The minimum atomic E-state index is -0.883. The van der Waals surface area contributed by atoms with Crippen molar-refractivity contribution in [3.05, 3.63) is 23.3 Å². The van der Waals surface area contributed by atoms with Crippen LogP contribution in [0.4, 0.5) is 0 Å². The maximum atomic E-state index is 14.6. The summed E-state index contributed by atoms with van der Waals surface area (Å²) in [5, 5.41) is 14.3. The number of allylic oxidation sites excluding steroid dienone is 4. The molecule has 0 aromatic heterocycles. The first-order valence-corrected chi connectivity index (χ1v) is 19.6. The number of carbonyl (C=O) groups excluding carboxylic acids is 2. The summed E-state index contributed by atoms with van der Waals surface area (Å²) in [7, 11) is 5.07. The molecule has 3 saturated heterocycles. The summed E-state index contributed by atoms with van der Waals surface area (Å²) in [4.78, 5) is 28.2. The number of Topliss-reactive ketones (excluding diaryl/α,β-unsaturated/α-hetero) is 1. The Bertz CT molecular complexity index is 1290. The second-order valence-electron chi connectivity index (χ2n) is 16.1. The zero-order valence-electron chi connectivity index (χ0n) is 32.0. The molecule has 288 valence electrons. The van der Waals surface area contributed by atoms with Crippen LogP contribution in [0.15, 0.2) is 23.3 Å². The Morgan fingerprint density at radius 2 is 1.67 bits per heavy atom. The van der Waals surface area contributed by atoms with Gasteiger partial charge in [0.15, 0.2) is 18.4 Å². The number of methoxy groups -OCH3 is 2. The van der Waals surface area contributed by atoms with Gasteiger partial charge in [0.1, 0.15) is 24.4 Å². The number of ether oxygens (including phenoxy) is 7. The largest absolute Gasteiger partial charge is 0.462 e. The third-order valence-electron chi connectivity index (χ3n) is 13.2. The Balaban J connectivity index is 1.23. The summed E-state index contributed by atoms with van der Waals surface area (Å²) in [5.41, 5.74) is 2.02. The lowest BCUT2D eigenvalue weighted by molar-refractivity contribution is -0.311. The van der Waals surface area contributed by atoms with E-state index in [4.69, 9.17) is 33.2 Å². The highest BCUT2D eigenvalue weighted by molar-refractivity contribution is 5.99. The Morgan fingerprint density at radius 1 is 0.902 bits per heavy atom. The van der Waals surface area contributed by atoms with Crippen LogP contribution >= 0.6 is 0 Å². The van der Waals surface area contributed by atoms with Crippen molar-refractivity contribution in [3.63, 3.8) is 0 Å². The van der Waals surface area contributed by atoms with Gasteiger partial charge in [-0.3, -0.25) is 9.59 Å². The van der Waals surface area contributed by atoms with Crippen molar-refractivity contribution < 1.29 is 47.9 Å². The van der Waals surface area contributed by atoms with Crippen LogP contribution in [0.5, 0.6) is 0 Å². The molecule has 3 aliphatic carbocycles. The molecule has 0 aromatic rings. The monoisotopic (exact) mass is 717 g/mol. The molecular weight excluding hydrogens is 654 g/mol. The predicted molar refractivity (Wildman–Crippen MR) is 189 cm³/mol. The summed E-state index contributed by atoms with van der Waals surface area (Å²) in [6.45, 7) is 10.2. The quantitative estimate of drug-likeness (QED) is 0.263. The molecule has 6 rings (SSSR count). The Kier molecular flexibility index (Phi) is 12.8. The third-order valence-corrected chi connectivity index (χ3v) is 13.2. The maximum absolute atomic E-state index is 14.6. The average molecular weight is 718 g/mol. The number of carbonyl (C=O) groups is 2. The van der Waals surface area contributed by atoms with Gasteiger partial charge in [-0.25, -0.2) is 0 Å². The Morgan fingerprint density at radius 3 is 2.35 bits per heavy atom. The Hall–Kier alpha value is -1.70. The predicted octanol–water partition coefficient (Wildman–Crippen LogP) is 4.88. The molecular formula is C40H63NO10. The van der Waals surface area contributed by atoms with Crippen LogP contribution in [0.1, 0.15) is 92.4 Å². The number of ketones is 1.